The fraction of sp³-hybridized carbons (Fsp3) is 0.316. The molecule has 0 heterocycles. The summed E-state index contributed by atoms with van der Waals surface area (Å²) in [6.07, 6.45) is 1.21. The molecule has 0 radical (unpaired) electrons. The third-order valence-electron chi connectivity index (χ3n) is 3.48. The molecule has 1 amide bonds. The van der Waals surface area contributed by atoms with Crippen molar-refractivity contribution in [1.29, 1.82) is 0 Å². The van der Waals surface area contributed by atoms with E-state index in [1.807, 2.05) is 73.3 Å². The van der Waals surface area contributed by atoms with E-state index < -0.39 is 0 Å². The van der Waals surface area contributed by atoms with Crippen LogP contribution in [0.1, 0.15) is 25.3 Å². The normalized spacial score (nSPS) is 10.3. The number of anilines is 1. The van der Waals surface area contributed by atoms with Crippen molar-refractivity contribution in [2.45, 2.75) is 26.7 Å². The SMILES string of the molecule is CCN(C(=O)CCCOc1ccccc1)c1cccc(C)c1. The molecule has 0 saturated heterocycles. The van der Waals surface area contributed by atoms with Gasteiger partial charge in [0.05, 0.1) is 6.61 Å². The highest BCUT2D eigenvalue weighted by molar-refractivity contribution is 5.93. The Labute approximate surface area is 132 Å². The number of aryl methyl sites for hydroxylation is 1. The molecule has 2 rings (SSSR count). The van der Waals surface area contributed by atoms with Crippen molar-refractivity contribution in [1.82, 2.24) is 0 Å². The molecule has 0 unspecified atom stereocenters. The molecular formula is C19H23NO2. The van der Waals surface area contributed by atoms with Crippen LogP contribution in [0, 0.1) is 6.92 Å². The number of nitrogens with zero attached hydrogens (tertiary/aromatic N) is 1. The van der Waals surface area contributed by atoms with Gasteiger partial charge in [-0.05, 0) is 50.1 Å². The minimum atomic E-state index is 0.143. The first-order valence-electron chi connectivity index (χ1n) is 7.75. The summed E-state index contributed by atoms with van der Waals surface area (Å²) in [7, 11) is 0. The average Bonchev–Trinajstić information content (AvgIpc) is 2.53. The molecule has 0 aliphatic heterocycles. The molecular weight excluding hydrogens is 274 g/mol. The number of hydrogen-bond donors (Lipinski definition) is 0. The van der Waals surface area contributed by atoms with Crippen molar-refractivity contribution in [3.8, 4) is 5.75 Å². The molecule has 0 aliphatic carbocycles. The van der Waals surface area contributed by atoms with Gasteiger partial charge in [0.15, 0.2) is 0 Å². The molecule has 0 atom stereocenters. The lowest BCUT2D eigenvalue weighted by Crippen LogP contribution is -2.30. The molecule has 2 aromatic carbocycles. The van der Waals surface area contributed by atoms with Crippen molar-refractivity contribution >= 4 is 11.6 Å². The Balaban J connectivity index is 1.82. The van der Waals surface area contributed by atoms with Crippen LogP contribution in [-0.2, 0) is 4.79 Å². The Morgan fingerprint density at radius 3 is 2.55 bits per heavy atom. The van der Waals surface area contributed by atoms with Crippen molar-refractivity contribution < 1.29 is 9.53 Å². The van der Waals surface area contributed by atoms with Crippen LogP contribution in [-0.4, -0.2) is 19.1 Å². The van der Waals surface area contributed by atoms with Crippen LogP contribution in [0.2, 0.25) is 0 Å². The molecule has 0 aromatic heterocycles. The van der Waals surface area contributed by atoms with E-state index >= 15 is 0 Å². The Morgan fingerprint density at radius 2 is 1.86 bits per heavy atom. The lowest BCUT2D eigenvalue weighted by Gasteiger charge is -2.21. The predicted molar refractivity (Wildman–Crippen MR) is 90.4 cm³/mol. The number of hydrogen-bond acceptors (Lipinski definition) is 2. The van der Waals surface area contributed by atoms with Gasteiger partial charge in [-0.2, -0.15) is 0 Å². The maximum Gasteiger partial charge on any atom is 0.227 e. The van der Waals surface area contributed by atoms with Gasteiger partial charge in [-0.15, -0.1) is 0 Å². The topological polar surface area (TPSA) is 29.5 Å². The molecule has 0 bridgehead atoms. The molecule has 0 fully saturated rings. The highest BCUT2D eigenvalue weighted by atomic mass is 16.5. The highest BCUT2D eigenvalue weighted by Gasteiger charge is 2.13. The van der Waals surface area contributed by atoms with E-state index in [9.17, 15) is 4.79 Å². The van der Waals surface area contributed by atoms with E-state index in [4.69, 9.17) is 4.74 Å². The van der Waals surface area contributed by atoms with Gasteiger partial charge < -0.3 is 9.64 Å². The molecule has 0 aliphatic rings. The molecule has 0 spiro atoms. The standard InChI is InChI=1S/C19H23NO2/c1-3-20(17-10-7-9-16(2)15-17)19(21)13-8-14-22-18-11-5-4-6-12-18/h4-7,9-12,15H,3,8,13-14H2,1-2H3. The number of carbonyl (C=O) groups is 1. The van der Waals surface area contributed by atoms with Gasteiger partial charge in [0.2, 0.25) is 5.91 Å². The van der Waals surface area contributed by atoms with Crippen LogP contribution in [0.5, 0.6) is 5.75 Å². The third kappa shape index (κ3) is 4.62. The zero-order valence-corrected chi connectivity index (χ0v) is 13.3. The second kappa shape index (κ2) is 8.23. The summed E-state index contributed by atoms with van der Waals surface area (Å²) in [5.74, 6) is 0.991. The minimum absolute atomic E-state index is 0.143. The second-order valence-corrected chi connectivity index (χ2v) is 5.24. The maximum absolute atomic E-state index is 12.4. The quantitative estimate of drug-likeness (QED) is 0.717. The largest absolute Gasteiger partial charge is 0.494 e. The van der Waals surface area contributed by atoms with E-state index in [0.717, 1.165) is 23.4 Å². The second-order valence-electron chi connectivity index (χ2n) is 5.24. The monoisotopic (exact) mass is 297 g/mol. The van der Waals surface area contributed by atoms with Gasteiger partial charge in [0.25, 0.3) is 0 Å². The lowest BCUT2D eigenvalue weighted by atomic mass is 10.2. The van der Waals surface area contributed by atoms with E-state index in [0.29, 0.717) is 19.6 Å². The fourth-order valence-electron chi connectivity index (χ4n) is 2.36. The third-order valence-corrected chi connectivity index (χ3v) is 3.48. The summed E-state index contributed by atoms with van der Waals surface area (Å²) in [5.41, 5.74) is 2.13. The Kier molecular flexibility index (Phi) is 6.01. The molecule has 0 N–H and O–H groups in total. The fourth-order valence-corrected chi connectivity index (χ4v) is 2.36. The lowest BCUT2D eigenvalue weighted by molar-refractivity contribution is -0.118. The molecule has 0 saturated carbocycles. The van der Waals surface area contributed by atoms with Crippen LogP contribution in [0.15, 0.2) is 54.6 Å². The molecule has 3 heteroatoms. The maximum atomic E-state index is 12.4. The van der Waals surface area contributed by atoms with Crippen molar-refractivity contribution in [3.63, 3.8) is 0 Å². The van der Waals surface area contributed by atoms with Gasteiger partial charge in [-0.1, -0.05) is 30.3 Å². The zero-order valence-electron chi connectivity index (χ0n) is 13.3. The van der Waals surface area contributed by atoms with E-state index in [2.05, 4.69) is 0 Å². The van der Waals surface area contributed by atoms with Crippen LogP contribution < -0.4 is 9.64 Å². The van der Waals surface area contributed by atoms with E-state index in [1.54, 1.807) is 0 Å². The highest BCUT2D eigenvalue weighted by Crippen LogP contribution is 2.17. The van der Waals surface area contributed by atoms with Crippen molar-refractivity contribution in [3.05, 3.63) is 60.2 Å². The summed E-state index contributed by atoms with van der Waals surface area (Å²) < 4.78 is 5.62. The number of rotatable bonds is 7. The van der Waals surface area contributed by atoms with Crippen LogP contribution in [0.3, 0.4) is 0 Å². The number of benzene rings is 2. The smallest absolute Gasteiger partial charge is 0.227 e. The Bertz CT molecular complexity index is 595. The molecule has 22 heavy (non-hydrogen) atoms. The van der Waals surface area contributed by atoms with Crippen molar-refractivity contribution in [2.75, 3.05) is 18.1 Å². The summed E-state index contributed by atoms with van der Waals surface area (Å²) in [5, 5.41) is 0. The summed E-state index contributed by atoms with van der Waals surface area (Å²) in [6.45, 7) is 5.28. The van der Waals surface area contributed by atoms with E-state index in [1.165, 1.54) is 0 Å². The number of carbonyl (C=O) groups excluding carboxylic acids is 1. The van der Waals surface area contributed by atoms with E-state index in [-0.39, 0.29) is 5.91 Å². The van der Waals surface area contributed by atoms with Gasteiger partial charge in [0.1, 0.15) is 5.75 Å². The van der Waals surface area contributed by atoms with Crippen molar-refractivity contribution in [2.24, 2.45) is 0 Å². The van der Waals surface area contributed by atoms with Crippen LogP contribution in [0.25, 0.3) is 0 Å². The Morgan fingerprint density at radius 1 is 1.09 bits per heavy atom. The number of amides is 1. The van der Waals surface area contributed by atoms with Crippen LogP contribution >= 0.6 is 0 Å². The Hall–Kier alpha value is -2.29. The number of para-hydroxylation sites is 1. The van der Waals surface area contributed by atoms with Gasteiger partial charge in [-0.25, -0.2) is 0 Å². The first-order chi connectivity index (χ1) is 10.7. The van der Waals surface area contributed by atoms with Crippen LogP contribution in [0.4, 0.5) is 5.69 Å². The van der Waals surface area contributed by atoms with Gasteiger partial charge in [0, 0.05) is 18.7 Å². The summed E-state index contributed by atoms with van der Waals surface area (Å²) >= 11 is 0. The minimum Gasteiger partial charge on any atom is -0.494 e. The average molecular weight is 297 g/mol. The van der Waals surface area contributed by atoms with Gasteiger partial charge >= 0.3 is 0 Å². The first kappa shape index (κ1) is 16.1. The zero-order chi connectivity index (χ0) is 15.8. The molecule has 2 aromatic rings. The summed E-state index contributed by atoms with van der Waals surface area (Å²) in [6, 6.07) is 17.7. The molecule has 116 valence electrons. The molecule has 3 nitrogen and oxygen atoms in total. The number of ether oxygens (including phenoxy) is 1. The first-order valence-corrected chi connectivity index (χ1v) is 7.75. The van der Waals surface area contributed by atoms with Gasteiger partial charge in [-0.3, -0.25) is 4.79 Å². The predicted octanol–water partition coefficient (Wildman–Crippen LogP) is 4.21. The summed E-state index contributed by atoms with van der Waals surface area (Å²) in [4.78, 5) is 14.2.